The maximum atomic E-state index is 13.7. The number of pyridine rings is 1. The number of benzene rings is 2. The van der Waals surface area contributed by atoms with Crippen LogP contribution in [-0.2, 0) is 23.1 Å². The Bertz CT molecular complexity index is 1600. The highest BCUT2D eigenvalue weighted by Crippen LogP contribution is 2.45. The molecule has 11 heteroatoms. The van der Waals surface area contributed by atoms with Gasteiger partial charge in [-0.25, -0.2) is 17.8 Å². The lowest BCUT2D eigenvalue weighted by atomic mass is 10.0. The molecule has 1 amide bonds. The van der Waals surface area contributed by atoms with Crippen molar-refractivity contribution in [3.63, 3.8) is 0 Å². The summed E-state index contributed by atoms with van der Waals surface area (Å²) >= 11 is 1.08. The topological polar surface area (TPSA) is 104 Å². The molecule has 35 heavy (non-hydrogen) atoms. The number of aromatic nitrogens is 2. The van der Waals surface area contributed by atoms with Gasteiger partial charge in [0.25, 0.3) is 15.9 Å². The number of phenolic OH excluding ortho intramolecular Hbond substituents is 1. The fraction of sp³-hybridized carbons (Fsp3) is 0.208. The van der Waals surface area contributed by atoms with Gasteiger partial charge in [-0.05, 0) is 43.7 Å². The number of rotatable bonds is 5. The summed E-state index contributed by atoms with van der Waals surface area (Å²) in [6.45, 7) is 3.61. The highest BCUT2D eigenvalue weighted by atomic mass is 32.2. The van der Waals surface area contributed by atoms with Crippen LogP contribution in [0.1, 0.15) is 32.2 Å². The standard InChI is InChI=1S/C24H21FN4O4S2/c1-13-24(34-14(2)27-13)35(32,33)28(3)21-17-5-4-10-26-20(17)22(30)19-18(21)12-29(23(19)31)11-15-6-8-16(25)9-7-15/h4-10,30H,11-12H2,1-3H3. The van der Waals surface area contributed by atoms with E-state index in [9.17, 15) is 22.7 Å². The average molecular weight is 513 g/mol. The number of carbonyl (C=O) groups is 1. The van der Waals surface area contributed by atoms with Crippen LogP contribution in [0.25, 0.3) is 10.9 Å². The van der Waals surface area contributed by atoms with Crippen molar-refractivity contribution in [3.05, 3.63) is 75.8 Å². The molecule has 3 heterocycles. The van der Waals surface area contributed by atoms with Gasteiger partial charge in [-0.15, -0.1) is 11.3 Å². The number of aryl methyl sites for hydroxylation is 2. The summed E-state index contributed by atoms with van der Waals surface area (Å²) < 4.78 is 41.9. The first-order valence-corrected chi connectivity index (χ1v) is 12.9. The molecule has 1 aliphatic rings. The molecule has 8 nitrogen and oxygen atoms in total. The van der Waals surface area contributed by atoms with Crippen molar-refractivity contribution in [3.8, 4) is 5.75 Å². The number of anilines is 1. The lowest BCUT2D eigenvalue weighted by Gasteiger charge is -2.24. The Hall–Kier alpha value is -3.57. The first kappa shape index (κ1) is 23.2. The van der Waals surface area contributed by atoms with Crippen LogP contribution in [0.2, 0.25) is 0 Å². The first-order valence-electron chi connectivity index (χ1n) is 10.7. The molecule has 0 saturated carbocycles. The van der Waals surface area contributed by atoms with Gasteiger partial charge in [-0.3, -0.25) is 14.1 Å². The number of fused-ring (bicyclic) bond motifs is 2. The summed E-state index contributed by atoms with van der Waals surface area (Å²) in [7, 11) is -2.59. The van der Waals surface area contributed by atoms with Gasteiger partial charge in [-0.2, -0.15) is 0 Å². The summed E-state index contributed by atoms with van der Waals surface area (Å²) in [5.74, 6) is -1.13. The number of sulfonamides is 1. The molecule has 0 fully saturated rings. The molecule has 0 unspecified atom stereocenters. The van der Waals surface area contributed by atoms with Gasteiger partial charge in [0.05, 0.1) is 22.0 Å². The molecule has 4 aromatic rings. The van der Waals surface area contributed by atoms with Gasteiger partial charge in [0.1, 0.15) is 11.3 Å². The Morgan fingerprint density at radius 2 is 1.91 bits per heavy atom. The van der Waals surface area contributed by atoms with Gasteiger partial charge >= 0.3 is 0 Å². The third kappa shape index (κ3) is 3.71. The molecular weight excluding hydrogens is 491 g/mol. The molecular formula is C24H21FN4O4S2. The van der Waals surface area contributed by atoms with Crippen LogP contribution in [0.4, 0.5) is 10.1 Å². The molecule has 2 aromatic heterocycles. The van der Waals surface area contributed by atoms with Crippen LogP contribution < -0.4 is 4.31 Å². The highest BCUT2D eigenvalue weighted by Gasteiger charge is 2.38. The van der Waals surface area contributed by atoms with E-state index < -0.39 is 15.9 Å². The van der Waals surface area contributed by atoms with E-state index in [1.165, 1.54) is 30.3 Å². The van der Waals surface area contributed by atoms with Crippen molar-refractivity contribution in [1.29, 1.82) is 0 Å². The minimum Gasteiger partial charge on any atom is -0.505 e. The number of aromatic hydroxyl groups is 1. The van der Waals surface area contributed by atoms with Crippen LogP contribution in [0.3, 0.4) is 0 Å². The fourth-order valence-electron chi connectivity index (χ4n) is 4.43. The maximum Gasteiger partial charge on any atom is 0.275 e. The third-order valence-electron chi connectivity index (χ3n) is 6.02. The Balaban J connectivity index is 1.67. The summed E-state index contributed by atoms with van der Waals surface area (Å²) in [4.78, 5) is 23.3. The molecule has 1 aliphatic heterocycles. The monoisotopic (exact) mass is 512 g/mol. The second-order valence-electron chi connectivity index (χ2n) is 8.32. The molecule has 180 valence electrons. The van der Waals surface area contributed by atoms with Crippen molar-refractivity contribution in [2.75, 3.05) is 11.4 Å². The quantitative estimate of drug-likeness (QED) is 0.431. The van der Waals surface area contributed by atoms with Crippen LogP contribution in [0.15, 0.2) is 46.8 Å². The molecule has 0 saturated heterocycles. The number of phenols is 1. The van der Waals surface area contributed by atoms with Gasteiger partial charge in [0.2, 0.25) is 0 Å². The lowest BCUT2D eigenvalue weighted by molar-refractivity contribution is 0.0764. The summed E-state index contributed by atoms with van der Waals surface area (Å²) in [5, 5.41) is 12.0. The average Bonchev–Trinajstić information content (AvgIpc) is 3.34. The molecule has 1 N–H and O–H groups in total. The number of hydrogen-bond acceptors (Lipinski definition) is 7. The largest absolute Gasteiger partial charge is 0.505 e. The molecule has 0 bridgehead atoms. The van der Waals surface area contributed by atoms with E-state index in [4.69, 9.17) is 0 Å². The number of halogens is 1. The van der Waals surface area contributed by atoms with E-state index in [1.54, 1.807) is 38.1 Å². The van der Waals surface area contributed by atoms with E-state index in [0.29, 0.717) is 27.2 Å². The van der Waals surface area contributed by atoms with Gasteiger partial charge in [0.15, 0.2) is 9.96 Å². The van der Waals surface area contributed by atoms with E-state index in [1.807, 2.05) is 0 Å². The van der Waals surface area contributed by atoms with E-state index >= 15 is 0 Å². The second kappa shape index (κ2) is 8.28. The zero-order valence-corrected chi connectivity index (χ0v) is 20.7. The number of hydrogen-bond donors (Lipinski definition) is 1. The number of amides is 1. The Morgan fingerprint density at radius 1 is 1.20 bits per heavy atom. The molecule has 0 spiro atoms. The van der Waals surface area contributed by atoms with E-state index in [-0.39, 0.29) is 45.6 Å². The Kier molecular flexibility index (Phi) is 5.48. The van der Waals surface area contributed by atoms with Crippen LogP contribution in [0.5, 0.6) is 5.75 Å². The SMILES string of the molecule is Cc1nc(C)c(S(=O)(=O)N(C)c2c3c(c(O)c4ncccc24)C(=O)N(Cc2ccc(F)cc2)C3)s1. The van der Waals surface area contributed by atoms with Crippen molar-refractivity contribution in [1.82, 2.24) is 14.9 Å². The minimum absolute atomic E-state index is 0.0209. The molecule has 5 rings (SSSR count). The molecule has 2 aromatic carbocycles. The zero-order valence-electron chi connectivity index (χ0n) is 19.1. The van der Waals surface area contributed by atoms with Crippen molar-refractivity contribution < 1.29 is 22.7 Å². The highest BCUT2D eigenvalue weighted by molar-refractivity contribution is 7.94. The summed E-state index contributed by atoms with van der Waals surface area (Å²) in [6, 6.07) is 9.09. The molecule has 0 radical (unpaired) electrons. The summed E-state index contributed by atoms with van der Waals surface area (Å²) in [6.07, 6.45) is 1.47. The van der Waals surface area contributed by atoms with E-state index in [0.717, 1.165) is 15.6 Å². The van der Waals surface area contributed by atoms with Crippen molar-refractivity contribution >= 4 is 43.9 Å². The van der Waals surface area contributed by atoms with Crippen molar-refractivity contribution in [2.24, 2.45) is 0 Å². The zero-order chi connectivity index (χ0) is 25.1. The lowest BCUT2D eigenvalue weighted by Crippen LogP contribution is -2.28. The predicted octanol–water partition coefficient (Wildman–Crippen LogP) is 4.13. The fourth-order valence-corrected chi connectivity index (χ4v) is 7.31. The predicted molar refractivity (Wildman–Crippen MR) is 131 cm³/mol. The normalized spacial score (nSPS) is 13.5. The second-order valence-corrected chi connectivity index (χ2v) is 11.7. The van der Waals surface area contributed by atoms with Gasteiger partial charge < -0.3 is 10.0 Å². The summed E-state index contributed by atoms with van der Waals surface area (Å²) in [5.41, 5.74) is 1.92. The first-order chi connectivity index (χ1) is 16.6. The van der Waals surface area contributed by atoms with Crippen LogP contribution >= 0.6 is 11.3 Å². The smallest absolute Gasteiger partial charge is 0.275 e. The van der Waals surface area contributed by atoms with Crippen LogP contribution in [-0.4, -0.2) is 41.3 Å². The molecule has 0 aliphatic carbocycles. The van der Waals surface area contributed by atoms with Crippen LogP contribution in [0, 0.1) is 19.7 Å². The van der Waals surface area contributed by atoms with Gasteiger partial charge in [-0.1, -0.05) is 12.1 Å². The number of carbonyl (C=O) groups excluding carboxylic acids is 1. The number of nitrogens with zero attached hydrogens (tertiary/aromatic N) is 4. The number of thiazole rings is 1. The maximum absolute atomic E-state index is 13.7. The van der Waals surface area contributed by atoms with Crippen molar-refractivity contribution in [2.45, 2.75) is 31.1 Å². The molecule has 0 atom stereocenters. The Morgan fingerprint density at radius 3 is 2.57 bits per heavy atom. The minimum atomic E-state index is -4.02. The van der Waals surface area contributed by atoms with E-state index in [2.05, 4.69) is 9.97 Å². The Labute approximate surface area is 205 Å². The van der Waals surface area contributed by atoms with Gasteiger partial charge in [0, 0.05) is 37.3 Å². The third-order valence-corrected chi connectivity index (χ3v) is 9.44.